The van der Waals surface area contributed by atoms with Crippen molar-refractivity contribution in [3.63, 3.8) is 0 Å². The number of nitrogens with zero attached hydrogens (tertiary/aromatic N) is 3. The van der Waals surface area contributed by atoms with E-state index in [1.54, 1.807) is 6.92 Å². The van der Waals surface area contributed by atoms with Gasteiger partial charge >= 0.3 is 0 Å². The largest absolute Gasteiger partial charge is 0.342 e. The molecule has 3 heterocycles. The Morgan fingerprint density at radius 1 is 1.26 bits per heavy atom. The Morgan fingerprint density at radius 3 is 2.71 bits per heavy atom. The Hall–Kier alpha value is -3.76. The zero-order chi connectivity index (χ0) is 22.1. The molecule has 1 fully saturated rings. The van der Waals surface area contributed by atoms with E-state index in [1.165, 1.54) is 18.2 Å². The molecule has 0 aliphatic carbocycles. The molecule has 0 bridgehead atoms. The number of carbonyl (C=O) groups excluding carboxylic acids is 2. The van der Waals surface area contributed by atoms with E-state index in [-0.39, 0.29) is 29.2 Å². The molecular formula is C20H22N6O5. The van der Waals surface area contributed by atoms with Crippen molar-refractivity contribution in [3.8, 4) is 0 Å². The van der Waals surface area contributed by atoms with Crippen LogP contribution in [0.4, 0.5) is 23.1 Å². The summed E-state index contributed by atoms with van der Waals surface area (Å²) in [6.45, 7) is 3.21. The maximum atomic E-state index is 13.0. The van der Waals surface area contributed by atoms with Crippen LogP contribution in [0.25, 0.3) is 0 Å². The number of hydrogen-bond acceptors (Lipinski definition) is 7. The summed E-state index contributed by atoms with van der Waals surface area (Å²) in [5.74, 6) is -1.63. The normalized spacial score (nSPS) is 18.2. The van der Waals surface area contributed by atoms with Gasteiger partial charge in [0.15, 0.2) is 0 Å². The molecule has 0 spiro atoms. The van der Waals surface area contributed by atoms with Gasteiger partial charge in [-0.15, -0.1) is 0 Å². The smallest absolute Gasteiger partial charge is 0.271 e. The number of piperidine rings is 1. The van der Waals surface area contributed by atoms with Crippen LogP contribution in [0.15, 0.2) is 23.0 Å². The van der Waals surface area contributed by atoms with E-state index in [4.69, 9.17) is 0 Å². The number of nitro benzene ring substituents is 1. The fraction of sp³-hybridized carbons (Fsp3) is 0.400. The lowest BCUT2D eigenvalue weighted by Gasteiger charge is -2.29. The number of nitrogens with one attached hydrogen (secondary N) is 3. The maximum absolute atomic E-state index is 13.0. The van der Waals surface area contributed by atoms with Gasteiger partial charge in [-0.2, -0.15) is 4.98 Å². The fourth-order valence-electron chi connectivity index (χ4n) is 3.92. The lowest BCUT2D eigenvalue weighted by molar-refractivity contribution is -0.384. The third-order valence-corrected chi connectivity index (χ3v) is 5.60. The summed E-state index contributed by atoms with van der Waals surface area (Å²) >= 11 is 0. The minimum atomic E-state index is -1.06. The summed E-state index contributed by atoms with van der Waals surface area (Å²) in [4.78, 5) is 57.7. The number of nitro groups is 1. The topological polar surface area (TPSA) is 150 Å². The molecule has 1 aromatic heterocycles. The van der Waals surface area contributed by atoms with E-state index in [1.807, 2.05) is 4.90 Å². The number of anilines is 3. The lowest BCUT2D eigenvalue weighted by atomic mass is 9.92. The molecule has 0 saturated carbocycles. The monoisotopic (exact) mass is 426 g/mol. The molecule has 2 aromatic rings. The summed E-state index contributed by atoms with van der Waals surface area (Å²) in [5.41, 5.74) is 0.295. The average Bonchev–Trinajstić information content (AvgIpc) is 2.74. The van der Waals surface area contributed by atoms with Gasteiger partial charge in [-0.05, 0) is 31.7 Å². The van der Waals surface area contributed by atoms with Gasteiger partial charge in [-0.25, -0.2) is 0 Å². The number of hydrogen-bond donors (Lipinski definition) is 3. The van der Waals surface area contributed by atoms with Crippen LogP contribution in [0.2, 0.25) is 0 Å². The Labute approximate surface area is 177 Å². The summed E-state index contributed by atoms with van der Waals surface area (Å²) < 4.78 is 0. The van der Waals surface area contributed by atoms with Crippen molar-refractivity contribution < 1.29 is 14.5 Å². The molecular weight excluding hydrogens is 404 g/mol. The molecule has 0 radical (unpaired) electrons. The Balaban J connectivity index is 1.65. The second-order valence-electron chi connectivity index (χ2n) is 7.75. The first kappa shape index (κ1) is 20.5. The van der Waals surface area contributed by atoms with Gasteiger partial charge in [-0.1, -0.05) is 6.07 Å². The second kappa shape index (κ2) is 8.17. The molecule has 1 atom stereocenters. The fourth-order valence-corrected chi connectivity index (χ4v) is 3.92. The SMILES string of the molecule is Cc1ccc([N+](=O)[O-])cc1NC(=O)C1CC(=O)Nc2nc(N3CCCCC3)[nH]c(=O)c21. The number of H-pyrrole nitrogens is 1. The van der Waals surface area contributed by atoms with Gasteiger partial charge in [0.2, 0.25) is 17.8 Å². The molecule has 11 heteroatoms. The van der Waals surface area contributed by atoms with Crippen molar-refractivity contribution in [2.75, 3.05) is 28.6 Å². The quantitative estimate of drug-likeness (QED) is 0.500. The van der Waals surface area contributed by atoms with Gasteiger partial charge in [0, 0.05) is 31.6 Å². The molecule has 2 amide bonds. The molecule has 2 aliphatic heterocycles. The number of fused-ring (bicyclic) bond motifs is 1. The van der Waals surface area contributed by atoms with Crippen molar-refractivity contribution in [3.05, 3.63) is 49.8 Å². The molecule has 4 rings (SSSR count). The highest BCUT2D eigenvalue weighted by molar-refractivity contribution is 6.04. The highest BCUT2D eigenvalue weighted by Gasteiger charge is 2.35. The van der Waals surface area contributed by atoms with Gasteiger partial charge in [0.1, 0.15) is 5.82 Å². The third kappa shape index (κ3) is 4.11. The van der Waals surface area contributed by atoms with E-state index < -0.39 is 28.2 Å². The molecule has 1 saturated heterocycles. The predicted molar refractivity (Wildman–Crippen MR) is 113 cm³/mol. The lowest BCUT2D eigenvalue weighted by Crippen LogP contribution is -2.38. The zero-order valence-electron chi connectivity index (χ0n) is 16.9. The number of benzene rings is 1. The molecule has 1 unspecified atom stereocenters. The van der Waals surface area contributed by atoms with E-state index in [2.05, 4.69) is 20.6 Å². The van der Waals surface area contributed by atoms with Crippen LogP contribution in [-0.2, 0) is 9.59 Å². The standard InChI is InChI=1S/C20H22N6O5/c1-11-5-6-12(26(30)31)9-14(11)21-18(28)13-10-15(27)22-17-16(13)19(29)24-20(23-17)25-7-3-2-4-8-25/h5-6,9,13H,2-4,7-8,10H2,1H3,(H,21,28)(H2,22,23,24,27,29). The number of aryl methyl sites for hydroxylation is 1. The van der Waals surface area contributed by atoms with Crippen LogP contribution in [-0.4, -0.2) is 39.8 Å². The molecule has 2 aliphatic rings. The average molecular weight is 426 g/mol. The summed E-state index contributed by atoms with van der Waals surface area (Å²) in [6.07, 6.45) is 2.86. The van der Waals surface area contributed by atoms with E-state index in [0.29, 0.717) is 11.5 Å². The number of carbonyl (C=O) groups is 2. The van der Waals surface area contributed by atoms with Crippen LogP contribution >= 0.6 is 0 Å². The predicted octanol–water partition coefficient (Wildman–Crippen LogP) is 2.04. The number of amides is 2. The second-order valence-corrected chi connectivity index (χ2v) is 7.75. The van der Waals surface area contributed by atoms with Crippen molar-refractivity contribution in [1.82, 2.24) is 9.97 Å². The van der Waals surface area contributed by atoms with Gasteiger partial charge < -0.3 is 15.5 Å². The van der Waals surface area contributed by atoms with Crippen molar-refractivity contribution in [2.45, 2.75) is 38.5 Å². The minimum absolute atomic E-state index is 0.0801. The third-order valence-electron chi connectivity index (χ3n) is 5.60. The minimum Gasteiger partial charge on any atom is -0.342 e. The first-order valence-electron chi connectivity index (χ1n) is 10.1. The molecule has 11 nitrogen and oxygen atoms in total. The van der Waals surface area contributed by atoms with Crippen molar-refractivity contribution >= 4 is 35.0 Å². The highest BCUT2D eigenvalue weighted by Crippen LogP contribution is 2.31. The Bertz CT molecular complexity index is 1120. The van der Waals surface area contributed by atoms with Gasteiger partial charge in [0.05, 0.1) is 22.1 Å². The van der Waals surface area contributed by atoms with Crippen molar-refractivity contribution in [1.29, 1.82) is 0 Å². The first-order valence-corrected chi connectivity index (χ1v) is 10.1. The van der Waals surface area contributed by atoms with Gasteiger partial charge in [0.25, 0.3) is 11.2 Å². The van der Waals surface area contributed by atoms with E-state index in [0.717, 1.165) is 32.4 Å². The Morgan fingerprint density at radius 2 is 2.00 bits per heavy atom. The van der Waals surface area contributed by atoms with E-state index >= 15 is 0 Å². The zero-order valence-corrected chi connectivity index (χ0v) is 16.9. The molecule has 31 heavy (non-hydrogen) atoms. The van der Waals surface area contributed by atoms with Crippen LogP contribution in [0.1, 0.15) is 42.7 Å². The summed E-state index contributed by atoms with van der Waals surface area (Å²) in [7, 11) is 0. The summed E-state index contributed by atoms with van der Waals surface area (Å²) in [6, 6.07) is 4.11. The number of aromatic amines is 1. The van der Waals surface area contributed by atoms with Crippen molar-refractivity contribution in [2.24, 2.45) is 0 Å². The number of rotatable bonds is 4. The maximum Gasteiger partial charge on any atom is 0.271 e. The van der Waals surface area contributed by atoms with E-state index in [9.17, 15) is 24.5 Å². The van der Waals surface area contributed by atoms with Crippen LogP contribution in [0.3, 0.4) is 0 Å². The highest BCUT2D eigenvalue weighted by atomic mass is 16.6. The van der Waals surface area contributed by atoms with Gasteiger partial charge in [-0.3, -0.25) is 29.5 Å². The molecule has 162 valence electrons. The number of aromatic nitrogens is 2. The molecule has 1 aromatic carbocycles. The van der Waals surface area contributed by atoms with Crippen LogP contribution in [0, 0.1) is 17.0 Å². The van der Waals surface area contributed by atoms with Crippen LogP contribution < -0.4 is 21.1 Å². The van der Waals surface area contributed by atoms with Crippen LogP contribution in [0.5, 0.6) is 0 Å². The Kier molecular flexibility index (Phi) is 5.40. The number of non-ortho nitro benzene ring substituents is 1. The molecule has 3 N–H and O–H groups in total. The summed E-state index contributed by atoms with van der Waals surface area (Å²) in [5, 5.41) is 16.3. The first-order chi connectivity index (χ1) is 14.8.